The Morgan fingerprint density at radius 1 is 1.44 bits per heavy atom. The number of thiocarbonyl (C=S) groups is 2. The van der Waals surface area contributed by atoms with Crippen LogP contribution in [-0.2, 0) is 0 Å². The molecule has 1 saturated carbocycles. The van der Waals surface area contributed by atoms with Crippen molar-refractivity contribution >= 4 is 34.5 Å². The molecule has 0 aromatic carbocycles. The molecule has 2 nitrogen and oxygen atoms in total. The molecule has 0 spiro atoms. The summed E-state index contributed by atoms with van der Waals surface area (Å²) < 4.78 is 0. The van der Waals surface area contributed by atoms with E-state index in [2.05, 4.69) is 17.5 Å². The predicted octanol–water partition coefficient (Wildman–Crippen LogP) is 0.515. The Morgan fingerprint density at radius 3 is 2.33 bits per heavy atom. The van der Waals surface area contributed by atoms with Crippen molar-refractivity contribution in [2.24, 2.45) is 5.73 Å². The molecule has 0 aromatic rings. The highest BCUT2D eigenvalue weighted by atomic mass is 32.1. The zero-order chi connectivity index (χ0) is 6.85. The van der Waals surface area contributed by atoms with Gasteiger partial charge in [-0.3, -0.25) is 0 Å². The van der Waals surface area contributed by atoms with Crippen LogP contribution in [0.1, 0.15) is 12.8 Å². The second-order valence-corrected chi connectivity index (χ2v) is 2.77. The lowest BCUT2D eigenvalue weighted by Gasteiger charge is -2.00. The van der Waals surface area contributed by atoms with E-state index in [1.165, 1.54) is 5.92 Å². The summed E-state index contributed by atoms with van der Waals surface area (Å²) in [6, 6.07) is 0. The van der Waals surface area contributed by atoms with E-state index in [4.69, 9.17) is 18.0 Å². The SMILES string of the molecule is NC(=S)NC(=S)[C]1CC1. The maximum atomic E-state index is 5.18. The number of rotatable bonds is 1. The summed E-state index contributed by atoms with van der Waals surface area (Å²) in [5.41, 5.74) is 5.18. The Balaban J connectivity index is 2.26. The van der Waals surface area contributed by atoms with Gasteiger partial charge < -0.3 is 11.1 Å². The third kappa shape index (κ3) is 2.24. The first-order chi connectivity index (χ1) is 4.20. The molecule has 0 aromatic heterocycles. The van der Waals surface area contributed by atoms with E-state index >= 15 is 0 Å². The minimum absolute atomic E-state index is 0.263. The summed E-state index contributed by atoms with van der Waals surface area (Å²) >= 11 is 9.49. The topological polar surface area (TPSA) is 38.0 Å². The van der Waals surface area contributed by atoms with Gasteiger partial charge in [0.1, 0.15) is 0 Å². The summed E-state index contributed by atoms with van der Waals surface area (Å²) in [7, 11) is 0. The van der Waals surface area contributed by atoms with Gasteiger partial charge in [0, 0.05) is 5.92 Å². The Hall–Kier alpha value is -0.220. The first-order valence-corrected chi connectivity index (χ1v) is 3.47. The van der Waals surface area contributed by atoms with E-state index in [9.17, 15) is 0 Å². The zero-order valence-electron chi connectivity index (χ0n) is 4.81. The van der Waals surface area contributed by atoms with Crippen molar-refractivity contribution < 1.29 is 0 Å². The van der Waals surface area contributed by atoms with E-state index in [0.717, 1.165) is 17.8 Å². The number of nitrogens with one attached hydrogen (secondary N) is 1. The van der Waals surface area contributed by atoms with E-state index in [0.29, 0.717) is 0 Å². The minimum atomic E-state index is 0.263. The van der Waals surface area contributed by atoms with Gasteiger partial charge >= 0.3 is 0 Å². The average molecular weight is 159 g/mol. The second kappa shape index (κ2) is 2.58. The van der Waals surface area contributed by atoms with Crippen molar-refractivity contribution in [2.45, 2.75) is 12.8 Å². The van der Waals surface area contributed by atoms with Crippen molar-refractivity contribution in [3.8, 4) is 0 Å². The van der Waals surface area contributed by atoms with Gasteiger partial charge in [-0.15, -0.1) is 0 Å². The van der Waals surface area contributed by atoms with Gasteiger partial charge in [0.15, 0.2) is 5.11 Å². The summed E-state index contributed by atoms with van der Waals surface area (Å²) in [6.07, 6.45) is 2.21. The first kappa shape index (κ1) is 6.89. The van der Waals surface area contributed by atoms with Gasteiger partial charge in [-0.05, 0) is 25.1 Å². The fraction of sp³-hybridized carbons (Fsp3) is 0.400. The average Bonchev–Trinajstić information content (AvgIpc) is 2.40. The normalized spacial score (nSPS) is 16.9. The molecule has 9 heavy (non-hydrogen) atoms. The summed E-state index contributed by atoms with van der Waals surface area (Å²) in [5.74, 6) is 1.26. The number of nitrogens with two attached hydrogens (primary N) is 1. The maximum Gasteiger partial charge on any atom is 0.168 e. The van der Waals surface area contributed by atoms with Crippen LogP contribution < -0.4 is 11.1 Å². The van der Waals surface area contributed by atoms with Crippen LogP contribution in [0.3, 0.4) is 0 Å². The van der Waals surface area contributed by atoms with Crippen LogP contribution in [0, 0.1) is 5.92 Å². The molecule has 0 atom stereocenters. The lowest BCUT2D eigenvalue weighted by molar-refractivity contribution is 1.37. The van der Waals surface area contributed by atoms with E-state index < -0.39 is 0 Å². The van der Waals surface area contributed by atoms with Crippen LogP contribution >= 0.6 is 24.4 Å². The van der Waals surface area contributed by atoms with Crippen LogP contribution in [0.2, 0.25) is 0 Å². The summed E-state index contributed by atoms with van der Waals surface area (Å²) in [4.78, 5) is 0.725. The quantitative estimate of drug-likeness (QED) is 0.547. The molecule has 3 N–H and O–H groups in total. The molecule has 1 fully saturated rings. The fourth-order valence-corrected chi connectivity index (χ4v) is 0.971. The summed E-state index contributed by atoms with van der Waals surface area (Å²) in [5, 5.41) is 2.97. The van der Waals surface area contributed by atoms with Crippen molar-refractivity contribution in [1.82, 2.24) is 5.32 Å². The smallest absolute Gasteiger partial charge is 0.168 e. The van der Waals surface area contributed by atoms with Crippen LogP contribution in [0.4, 0.5) is 0 Å². The Bertz CT molecular complexity index is 151. The van der Waals surface area contributed by atoms with Crippen LogP contribution in [0.15, 0.2) is 0 Å². The van der Waals surface area contributed by atoms with E-state index in [1.807, 2.05) is 0 Å². The predicted molar refractivity (Wildman–Crippen MR) is 45.0 cm³/mol. The van der Waals surface area contributed by atoms with Crippen molar-refractivity contribution in [1.29, 1.82) is 0 Å². The lowest BCUT2D eigenvalue weighted by Crippen LogP contribution is -2.33. The third-order valence-electron chi connectivity index (χ3n) is 1.06. The molecule has 0 saturated heterocycles. The fourth-order valence-electron chi connectivity index (χ4n) is 0.490. The highest BCUT2D eigenvalue weighted by molar-refractivity contribution is 7.82. The number of hydrogen-bond acceptors (Lipinski definition) is 2. The first-order valence-electron chi connectivity index (χ1n) is 2.65. The Labute approximate surface area is 64.8 Å². The van der Waals surface area contributed by atoms with Crippen LogP contribution in [-0.4, -0.2) is 10.1 Å². The second-order valence-electron chi connectivity index (χ2n) is 1.92. The standard InChI is InChI=1S/C5H7N2S2/c6-5(9)7-4(8)3-1-2-3/h1-2H2,(H3,6,7,8,9). The maximum absolute atomic E-state index is 5.18. The number of hydrogen-bond donors (Lipinski definition) is 2. The van der Waals surface area contributed by atoms with Crippen molar-refractivity contribution in [2.75, 3.05) is 0 Å². The van der Waals surface area contributed by atoms with Gasteiger partial charge in [0.05, 0.1) is 4.99 Å². The Morgan fingerprint density at radius 2 is 2.00 bits per heavy atom. The van der Waals surface area contributed by atoms with Crippen molar-refractivity contribution in [3.63, 3.8) is 0 Å². The monoisotopic (exact) mass is 159 g/mol. The largest absolute Gasteiger partial charge is 0.376 e. The molecule has 0 aliphatic heterocycles. The molecule has 0 amide bonds. The molecule has 4 heteroatoms. The molecule has 1 rings (SSSR count). The van der Waals surface area contributed by atoms with Gasteiger partial charge in [0.2, 0.25) is 0 Å². The van der Waals surface area contributed by atoms with Gasteiger partial charge in [0.25, 0.3) is 0 Å². The molecule has 0 bridgehead atoms. The molecule has 0 unspecified atom stereocenters. The van der Waals surface area contributed by atoms with Crippen LogP contribution in [0.25, 0.3) is 0 Å². The van der Waals surface area contributed by atoms with Gasteiger partial charge in [-0.25, -0.2) is 0 Å². The molecule has 1 aliphatic rings. The molecular formula is C5H7N2S2. The molecule has 1 aliphatic carbocycles. The van der Waals surface area contributed by atoms with Crippen molar-refractivity contribution in [3.05, 3.63) is 5.92 Å². The highest BCUT2D eigenvalue weighted by Crippen LogP contribution is 2.32. The third-order valence-corrected chi connectivity index (χ3v) is 1.55. The van der Waals surface area contributed by atoms with Gasteiger partial charge in [-0.2, -0.15) is 0 Å². The highest BCUT2D eigenvalue weighted by Gasteiger charge is 2.27. The molecule has 49 valence electrons. The van der Waals surface area contributed by atoms with E-state index in [-0.39, 0.29) is 5.11 Å². The minimum Gasteiger partial charge on any atom is -0.376 e. The zero-order valence-corrected chi connectivity index (χ0v) is 6.44. The Kier molecular flexibility index (Phi) is 1.97. The van der Waals surface area contributed by atoms with Gasteiger partial charge in [-0.1, -0.05) is 12.2 Å². The lowest BCUT2D eigenvalue weighted by atomic mass is 10.4. The summed E-state index contributed by atoms with van der Waals surface area (Å²) in [6.45, 7) is 0. The molecule has 0 heterocycles. The van der Waals surface area contributed by atoms with Crippen LogP contribution in [0.5, 0.6) is 0 Å². The molecule has 1 radical (unpaired) electrons. The van der Waals surface area contributed by atoms with E-state index in [1.54, 1.807) is 0 Å². The molecular weight excluding hydrogens is 152 g/mol.